The van der Waals surface area contributed by atoms with Gasteiger partial charge in [-0.3, -0.25) is 14.1 Å². The Balaban J connectivity index is 4.12. The van der Waals surface area contributed by atoms with Gasteiger partial charge in [0.15, 0.2) is 6.10 Å². The second-order valence-corrected chi connectivity index (χ2v) is 12.7. The zero-order valence-electron chi connectivity index (χ0n) is 28.7. The van der Waals surface area contributed by atoms with Crippen LogP contribution in [0.3, 0.4) is 0 Å². The summed E-state index contributed by atoms with van der Waals surface area (Å²) in [4.78, 5) is 42.6. The van der Waals surface area contributed by atoms with Gasteiger partial charge in [-0.2, -0.15) is 0 Å². The van der Waals surface area contributed by atoms with Crippen molar-refractivity contribution >= 4 is 19.8 Å². The van der Waals surface area contributed by atoms with Crippen molar-refractivity contribution in [3.8, 4) is 0 Å². The molecular formula is C37H63O8P. The Morgan fingerprint density at radius 1 is 0.587 bits per heavy atom. The van der Waals surface area contributed by atoms with Crippen LogP contribution in [0.4, 0.5) is 0 Å². The van der Waals surface area contributed by atoms with Crippen molar-refractivity contribution in [2.24, 2.45) is 0 Å². The lowest BCUT2D eigenvalue weighted by Crippen LogP contribution is -2.29. The van der Waals surface area contributed by atoms with Crippen LogP contribution in [0.25, 0.3) is 0 Å². The highest BCUT2D eigenvalue weighted by Gasteiger charge is 2.22. The highest BCUT2D eigenvalue weighted by atomic mass is 31.2. The fourth-order valence-corrected chi connectivity index (χ4v) is 4.78. The van der Waals surface area contributed by atoms with Crippen molar-refractivity contribution in [1.29, 1.82) is 0 Å². The molecule has 264 valence electrons. The monoisotopic (exact) mass is 666 g/mol. The topological polar surface area (TPSA) is 119 Å². The molecule has 0 aromatic carbocycles. The van der Waals surface area contributed by atoms with Crippen LogP contribution in [0.2, 0.25) is 0 Å². The van der Waals surface area contributed by atoms with Crippen molar-refractivity contribution < 1.29 is 37.9 Å². The first kappa shape index (κ1) is 43.8. The molecule has 0 saturated carbocycles. The van der Waals surface area contributed by atoms with Crippen LogP contribution in [-0.4, -0.2) is 41.0 Å². The van der Waals surface area contributed by atoms with Gasteiger partial charge < -0.3 is 19.3 Å². The first-order valence-electron chi connectivity index (χ1n) is 17.6. The summed E-state index contributed by atoms with van der Waals surface area (Å²) in [7, 11) is -4.76. The van der Waals surface area contributed by atoms with Crippen LogP contribution in [0, 0.1) is 0 Å². The molecule has 0 unspecified atom stereocenters. The van der Waals surface area contributed by atoms with E-state index in [0.717, 1.165) is 64.2 Å². The number of ether oxygens (including phenoxy) is 2. The van der Waals surface area contributed by atoms with E-state index in [0.29, 0.717) is 12.8 Å². The van der Waals surface area contributed by atoms with Crippen LogP contribution in [0.15, 0.2) is 60.8 Å². The van der Waals surface area contributed by atoms with E-state index in [1.807, 2.05) is 0 Å². The molecule has 0 rings (SSSR count). The number of carbonyl (C=O) groups is 2. The largest absolute Gasteiger partial charge is 0.469 e. The van der Waals surface area contributed by atoms with Gasteiger partial charge in [0, 0.05) is 12.8 Å². The normalized spacial score (nSPS) is 13.2. The van der Waals surface area contributed by atoms with E-state index in [2.05, 4.69) is 79.1 Å². The third kappa shape index (κ3) is 34.6. The maximum atomic E-state index is 12.3. The lowest BCUT2D eigenvalue weighted by molar-refractivity contribution is -0.161. The predicted octanol–water partition coefficient (Wildman–Crippen LogP) is 10.2. The van der Waals surface area contributed by atoms with Crippen molar-refractivity contribution in [2.75, 3.05) is 13.2 Å². The Labute approximate surface area is 279 Å². The number of esters is 2. The van der Waals surface area contributed by atoms with Crippen molar-refractivity contribution in [2.45, 2.75) is 148 Å². The van der Waals surface area contributed by atoms with E-state index in [1.165, 1.54) is 38.5 Å². The molecule has 9 heteroatoms. The molecule has 0 radical (unpaired) electrons. The minimum Gasteiger partial charge on any atom is -0.462 e. The van der Waals surface area contributed by atoms with E-state index >= 15 is 0 Å². The van der Waals surface area contributed by atoms with Gasteiger partial charge in [-0.1, -0.05) is 113 Å². The molecule has 0 bridgehead atoms. The third-order valence-corrected chi connectivity index (χ3v) is 7.51. The van der Waals surface area contributed by atoms with Gasteiger partial charge in [-0.05, 0) is 77.0 Å². The van der Waals surface area contributed by atoms with Gasteiger partial charge in [0.1, 0.15) is 6.61 Å². The highest BCUT2D eigenvalue weighted by molar-refractivity contribution is 7.46. The number of hydrogen-bond acceptors (Lipinski definition) is 6. The number of hydrogen-bond donors (Lipinski definition) is 2. The van der Waals surface area contributed by atoms with Gasteiger partial charge in [0.2, 0.25) is 0 Å². The molecular weight excluding hydrogens is 603 g/mol. The zero-order valence-corrected chi connectivity index (χ0v) is 29.6. The maximum Gasteiger partial charge on any atom is 0.469 e. The molecule has 0 aliphatic carbocycles. The SMILES string of the molecule is CC/C=C/C/C=C/C/C=C/C/C=C/CCCCC(=O)OC[C@H](COP(=O)(O)O)OC(=O)CCCCC/C=C/CCCCCCCC. The molecule has 0 heterocycles. The molecule has 0 aliphatic rings. The quantitative estimate of drug-likeness (QED) is 0.0325. The number of phosphoric ester groups is 1. The van der Waals surface area contributed by atoms with Crippen LogP contribution in [-0.2, 0) is 28.2 Å². The van der Waals surface area contributed by atoms with E-state index in [-0.39, 0.29) is 19.4 Å². The fraction of sp³-hybridized carbons (Fsp3) is 0.676. The number of unbranched alkanes of at least 4 members (excludes halogenated alkanes) is 11. The second-order valence-electron chi connectivity index (χ2n) is 11.5. The van der Waals surface area contributed by atoms with Crippen LogP contribution in [0.5, 0.6) is 0 Å². The summed E-state index contributed by atoms with van der Waals surface area (Å²) < 4.78 is 26.2. The molecule has 0 aromatic heterocycles. The van der Waals surface area contributed by atoms with Crippen molar-refractivity contribution in [3.05, 3.63) is 60.8 Å². The summed E-state index contributed by atoms with van der Waals surface area (Å²) in [5.74, 6) is -0.959. The molecule has 0 amide bonds. The van der Waals surface area contributed by atoms with Crippen LogP contribution in [0.1, 0.15) is 142 Å². The summed E-state index contributed by atoms with van der Waals surface area (Å²) in [6.07, 6.45) is 39.5. The lowest BCUT2D eigenvalue weighted by atomic mass is 10.1. The summed E-state index contributed by atoms with van der Waals surface area (Å²) in [5.41, 5.74) is 0. The predicted molar refractivity (Wildman–Crippen MR) is 188 cm³/mol. The van der Waals surface area contributed by atoms with Crippen molar-refractivity contribution in [3.63, 3.8) is 0 Å². The molecule has 0 aromatic rings. The van der Waals surface area contributed by atoms with Gasteiger partial charge in [-0.15, -0.1) is 0 Å². The average Bonchev–Trinajstić information content (AvgIpc) is 3.02. The van der Waals surface area contributed by atoms with E-state index < -0.39 is 32.5 Å². The van der Waals surface area contributed by atoms with Gasteiger partial charge in [-0.25, -0.2) is 4.57 Å². The Kier molecular flexibility index (Phi) is 31.1. The summed E-state index contributed by atoms with van der Waals surface area (Å²) in [6, 6.07) is 0. The first-order valence-corrected chi connectivity index (χ1v) is 19.1. The first-order chi connectivity index (χ1) is 22.3. The van der Waals surface area contributed by atoms with Crippen molar-refractivity contribution in [1.82, 2.24) is 0 Å². The van der Waals surface area contributed by atoms with Gasteiger partial charge in [0.25, 0.3) is 0 Å². The summed E-state index contributed by atoms with van der Waals surface area (Å²) in [6.45, 7) is 3.48. The van der Waals surface area contributed by atoms with E-state index in [1.54, 1.807) is 0 Å². The van der Waals surface area contributed by atoms with Crippen LogP contribution < -0.4 is 0 Å². The zero-order chi connectivity index (χ0) is 34.0. The average molecular weight is 667 g/mol. The third-order valence-electron chi connectivity index (χ3n) is 7.02. The minimum absolute atomic E-state index is 0.180. The molecule has 8 nitrogen and oxygen atoms in total. The number of carbonyl (C=O) groups excluding carboxylic acids is 2. The summed E-state index contributed by atoms with van der Waals surface area (Å²) >= 11 is 0. The molecule has 46 heavy (non-hydrogen) atoms. The highest BCUT2D eigenvalue weighted by Crippen LogP contribution is 2.35. The fourth-order valence-electron chi connectivity index (χ4n) is 4.41. The molecule has 0 fully saturated rings. The molecule has 0 aliphatic heterocycles. The Hall–Kier alpha value is -2.25. The molecule has 0 saturated heterocycles. The second kappa shape index (κ2) is 32.7. The van der Waals surface area contributed by atoms with E-state index in [4.69, 9.17) is 19.3 Å². The Morgan fingerprint density at radius 3 is 1.63 bits per heavy atom. The number of phosphoric acid groups is 1. The Bertz CT molecular complexity index is 932. The van der Waals surface area contributed by atoms with Crippen LogP contribution >= 0.6 is 7.82 Å². The molecule has 0 spiro atoms. The number of rotatable bonds is 31. The smallest absolute Gasteiger partial charge is 0.462 e. The minimum atomic E-state index is -4.76. The van der Waals surface area contributed by atoms with E-state index in [9.17, 15) is 14.2 Å². The molecule has 2 N–H and O–H groups in total. The Morgan fingerprint density at radius 2 is 1.04 bits per heavy atom. The van der Waals surface area contributed by atoms with Gasteiger partial charge >= 0.3 is 19.8 Å². The standard InChI is InChI=1S/C37H63O8P/c1-3-5-7-9-11-13-15-17-18-20-21-23-25-27-29-31-36(38)43-33-35(34-44-46(40,41)42)45-37(39)32-30-28-26-24-22-19-16-14-12-10-8-6-4-2/h5,7,11,13,17-19,21-23,35H,3-4,6,8-10,12,14-16,20,24-34H2,1-2H3,(H2,40,41,42)/b7-5+,13-11+,18-17+,22-19+,23-21+/t35-/m1/s1. The maximum absolute atomic E-state index is 12.3. The number of allylic oxidation sites excluding steroid dienone is 10. The lowest BCUT2D eigenvalue weighted by Gasteiger charge is -2.18. The van der Waals surface area contributed by atoms with Gasteiger partial charge in [0.05, 0.1) is 6.61 Å². The summed E-state index contributed by atoms with van der Waals surface area (Å²) in [5, 5.41) is 0. The molecule has 1 atom stereocenters.